The Labute approximate surface area is 243 Å². The molecule has 0 aliphatic carbocycles. The molecule has 4 aromatic rings. The van der Waals surface area contributed by atoms with E-state index in [1.165, 1.54) is 16.2 Å². The number of carbonyl (C=O) groups excluding carboxylic acids is 2. The van der Waals surface area contributed by atoms with Crippen molar-refractivity contribution in [3.05, 3.63) is 130 Å². The van der Waals surface area contributed by atoms with Gasteiger partial charge in [-0.2, -0.15) is 5.10 Å². The number of rotatable bonds is 10. The molecular weight excluding hydrogens is 530 g/mol. The lowest BCUT2D eigenvalue weighted by Crippen LogP contribution is -2.33. The van der Waals surface area contributed by atoms with Crippen LogP contribution in [0.2, 0.25) is 0 Å². The van der Waals surface area contributed by atoms with Crippen molar-refractivity contribution in [2.24, 2.45) is 5.10 Å². The molecule has 0 atom stereocenters. The summed E-state index contributed by atoms with van der Waals surface area (Å²) in [5.74, 6) is -0.737. The van der Waals surface area contributed by atoms with Crippen LogP contribution in [0.4, 0.5) is 11.4 Å². The highest BCUT2D eigenvalue weighted by atomic mass is 16.2. The summed E-state index contributed by atoms with van der Waals surface area (Å²) < 4.78 is 1.48. The summed E-state index contributed by atoms with van der Waals surface area (Å²) in [4.78, 5) is 44.2. The van der Waals surface area contributed by atoms with Crippen molar-refractivity contribution in [2.75, 3.05) is 31.4 Å². The predicted octanol–water partition coefficient (Wildman–Crippen LogP) is 3.56. The number of pyridine rings is 2. The van der Waals surface area contributed by atoms with E-state index in [9.17, 15) is 14.4 Å². The zero-order chi connectivity index (χ0) is 29.5. The molecule has 10 nitrogen and oxygen atoms in total. The summed E-state index contributed by atoms with van der Waals surface area (Å²) >= 11 is 0. The third-order valence-electron chi connectivity index (χ3n) is 6.54. The second-order valence-corrected chi connectivity index (χ2v) is 10.1. The van der Waals surface area contributed by atoms with Crippen LogP contribution in [0.15, 0.2) is 101 Å². The molecule has 0 saturated heterocycles. The van der Waals surface area contributed by atoms with Crippen molar-refractivity contribution >= 4 is 35.0 Å². The van der Waals surface area contributed by atoms with Gasteiger partial charge in [-0.05, 0) is 73.3 Å². The SMILES string of the molecule is CN(C)Cc1ccc(N/N=C2\C(=O)Nc3cc(/C=C/CNC(=O)c4cccn(Cc5cccnc5)c4=O)ccc32)cc1. The molecule has 10 heteroatoms. The van der Waals surface area contributed by atoms with E-state index < -0.39 is 5.91 Å². The molecule has 5 rings (SSSR count). The van der Waals surface area contributed by atoms with Crippen molar-refractivity contribution in [1.82, 2.24) is 19.8 Å². The van der Waals surface area contributed by atoms with E-state index in [4.69, 9.17) is 0 Å². The van der Waals surface area contributed by atoms with E-state index in [2.05, 4.69) is 31.0 Å². The predicted molar refractivity (Wildman–Crippen MR) is 164 cm³/mol. The van der Waals surface area contributed by atoms with Crippen LogP contribution in [0.3, 0.4) is 0 Å². The second kappa shape index (κ2) is 12.9. The Morgan fingerprint density at radius 2 is 1.88 bits per heavy atom. The molecule has 0 radical (unpaired) electrons. The number of hydrogen-bond donors (Lipinski definition) is 3. The first-order valence-electron chi connectivity index (χ1n) is 13.4. The molecule has 0 spiro atoms. The maximum atomic E-state index is 12.8. The fourth-order valence-corrected chi connectivity index (χ4v) is 4.52. The van der Waals surface area contributed by atoms with Gasteiger partial charge in [-0.25, -0.2) is 0 Å². The zero-order valence-electron chi connectivity index (χ0n) is 23.4. The van der Waals surface area contributed by atoms with Gasteiger partial charge in [0.15, 0.2) is 5.71 Å². The van der Waals surface area contributed by atoms with Gasteiger partial charge < -0.3 is 20.1 Å². The van der Waals surface area contributed by atoms with Gasteiger partial charge in [0, 0.05) is 37.2 Å². The molecule has 2 amide bonds. The molecule has 2 aromatic carbocycles. The number of nitrogens with one attached hydrogen (secondary N) is 3. The number of carbonyl (C=O) groups is 2. The van der Waals surface area contributed by atoms with Gasteiger partial charge >= 0.3 is 0 Å². The van der Waals surface area contributed by atoms with Crippen LogP contribution in [-0.2, 0) is 17.9 Å². The molecule has 3 N–H and O–H groups in total. The minimum atomic E-state index is -0.452. The Morgan fingerprint density at radius 3 is 2.64 bits per heavy atom. The van der Waals surface area contributed by atoms with E-state index in [1.54, 1.807) is 36.8 Å². The minimum absolute atomic E-state index is 0.0694. The summed E-state index contributed by atoms with van der Waals surface area (Å²) in [7, 11) is 4.04. The number of amides is 2. The Balaban J connectivity index is 1.18. The Bertz CT molecular complexity index is 1710. The molecule has 0 bridgehead atoms. The highest BCUT2D eigenvalue weighted by molar-refractivity contribution is 6.53. The van der Waals surface area contributed by atoms with Gasteiger partial charge in [-0.15, -0.1) is 0 Å². The fourth-order valence-electron chi connectivity index (χ4n) is 4.52. The molecule has 0 saturated carbocycles. The average molecular weight is 562 g/mol. The zero-order valence-corrected chi connectivity index (χ0v) is 23.4. The summed E-state index contributed by atoms with van der Waals surface area (Å²) in [6.45, 7) is 1.40. The monoisotopic (exact) mass is 561 g/mol. The molecule has 1 aliphatic heterocycles. The number of nitrogens with zero attached hydrogens (tertiary/aromatic N) is 4. The number of hydrogen-bond acceptors (Lipinski definition) is 7. The van der Waals surface area contributed by atoms with Crippen molar-refractivity contribution in [3.63, 3.8) is 0 Å². The van der Waals surface area contributed by atoms with E-state index in [1.807, 2.05) is 68.7 Å². The van der Waals surface area contributed by atoms with Gasteiger partial charge in [0.05, 0.1) is 17.9 Å². The molecule has 0 unspecified atom stereocenters. The summed E-state index contributed by atoms with van der Waals surface area (Å²) in [5.41, 5.74) is 8.02. The molecule has 212 valence electrons. The Morgan fingerprint density at radius 1 is 1.05 bits per heavy atom. The molecule has 3 heterocycles. The third-order valence-corrected chi connectivity index (χ3v) is 6.54. The maximum absolute atomic E-state index is 12.8. The second-order valence-electron chi connectivity index (χ2n) is 10.1. The van der Waals surface area contributed by atoms with Crippen LogP contribution in [-0.4, -0.2) is 52.6 Å². The third kappa shape index (κ3) is 6.86. The highest BCUT2D eigenvalue weighted by Gasteiger charge is 2.26. The Hall–Kier alpha value is -5.35. The normalized spacial score (nSPS) is 13.4. The molecule has 42 heavy (non-hydrogen) atoms. The highest BCUT2D eigenvalue weighted by Crippen LogP contribution is 2.25. The number of fused-ring (bicyclic) bond motifs is 1. The molecule has 0 fully saturated rings. The van der Waals surface area contributed by atoms with Crippen LogP contribution in [0.1, 0.15) is 32.6 Å². The fraction of sp³-hybridized carbons (Fsp3) is 0.156. The van der Waals surface area contributed by atoms with Crippen molar-refractivity contribution in [2.45, 2.75) is 13.1 Å². The van der Waals surface area contributed by atoms with E-state index in [-0.39, 0.29) is 23.6 Å². The minimum Gasteiger partial charge on any atom is -0.348 e. The summed E-state index contributed by atoms with van der Waals surface area (Å²) in [5, 5.41) is 9.96. The first kappa shape index (κ1) is 28.2. The largest absolute Gasteiger partial charge is 0.348 e. The van der Waals surface area contributed by atoms with Gasteiger partial charge in [-0.3, -0.25) is 24.8 Å². The molecular formula is C32H31N7O3. The van der Waals surface area contributed by atoms with Gasteiger partial charge in [0.25, 0.3) is 17.4 Å². The van der Waals surface area contributed by atoms with Crippen LogP contribution in [0.25, 0.3) is 6.08 Å². The van der Waals surface area contributed by atoms with E-state index >= 15 is 0 Å². The number of benzene rings is 2. The van der Waals surface area contributed by atoms with Crippen LogP contribution in [0, 0.1) is 0 Å². The van der Waals surface area contributed by atoms with E-state index in [0.29, 0.717) is 23.5 Å². The maximum Gasteiger partial charge on any atom is 0.276 e. The van der Waals surface area contributed by atoms with Crippen molar-refractivity contribution < 1.29 is 9.59 Å². The van der Waals surface area contributed by atoms with Gasteiger partial charge in [-0.1, -0.05) is 36.4 Å². The lowest BCUT2D eigenvalue weighted by molar-refractivity contribution is -0.110. The first-order chi connectivity index (χ1) is 20.4. The van der Waals surface area contributed by atoms with Crippen LogP contribution < -0.4 is 21.6 Å². The number of aromatic nitrogens is 2. The first-order valence-corrected chi connectivity index (χ1v) is 13.4. The lowest BCUT2D eigenvalue weighted by Gasteiger charge is -2.10. The van der Waals surface area contributed by atoms with Crippen LogP contribution >= 0.6 is 0 Å². The lowest BCUT2D eigenvalue weighted by atomic mass is 10.1. The molecule has 1 aliphatic rings. The Kier molecular flexibility index (Phi) is 8.64. The van der Waals surface area contributed by atoms with Crippen molar-refractivity contribution in [3.8, 4) is 0 Å². The standard InChI is InChI=1S/C32H31N7O3/c1-38(2)20-23-9-12-25(13-10-23)36-37-29-26-14-11-22(18-28(26)35-31(29)41)6-4-16-34-30(40)27-8-5-17-39(32(27)42)21-24-7-3-15-33-19-24/h3-15,17-19,36H,16,20-21H2,1-2H3,(H,34,40)(H,35,37,41)/b6-4+. The van der Waals surface area contributed by atoms with Crippen LogP contribution in [0.5, 0.6) is 0 Å². The van der Waals surface area contributed by atoms with Gasteiger partial charge in [0.2, 0.25) is 0 Å². The summed E-state index contributed by atoms with van der Waals surface area (Å²) in [6, 6.07) is 20.3. The van der Waals surface area contributed by atoms with E-state index in [0.717, 1.165) is 23.4 Å². The topological polar surface area (TPSA) is 121 Å². The molecule has 2 aromatic heterocycles. The summed E-state index contributed by atoms with van der Waals surface area (Å²) in [6.07, 6.45) is 8.62. The number of anilines is 2. The van der Waals surface area contributed by atoms with Gasteiger partial charge in [0.1, 0.15) is 5.56 Å². The van der Waals surface area contributed by atoms with Crippen molar-refractivity contribution in [1.29, 1.82) is 0 Å². The smallest absolute Gasteiger partial charge is 0.276 e. The average Bonchev–Trinajstić information content (AvgIpc) is 3.30. The quantitative estimate of drug-likeness (QED) is 0.255. The number of hydrazone groups is 1.